The molecule has 3 rings (SSSR count). The lowest BCUT2D eigenvalue weighted by Gasteiger charge is -2.32. The first-order valence-corrected chi connectivity index (χ1v) is 14.1. The third kappa shape index (κ3) is 7.35. The molecule has 190 valence electrons. The van der Waals surface area contributed by atoms with E-state index in [0.29, 0.717) is 0 Å². The summed E-state index contributed by atoms with van der Waals surface area (Å²) in [4.78, 5) is 28.1. The van der Waals surface area contributed by atoms with Crippen LogP contribution in [0.3, 0.4) is 0 Å². The highest BCUT2D eigenvalue weighted by atomic mass is 35.5. The molecular weight excluding hydrogens is 509 g/mol. The highest BCUT2D eigenvalue weighted by molar-refractivity contribution is 7.92. The van der Waals surface area contributed by atoms with Crippen LogP contribution in [0, 0.1) is 6.92 Å². The van der Waals surface area contributed by atoms with Crippen molar-refractivity contribution in [2.75, 3.05) is 17.1 Å². The highest BCUT2D eigenvalue weighted by Crippen LogP contribution is 2.31. The minimum Gasteiger partial charge on any atom is -0.352 e. The number of carbonyl (C=O) groups excluding carboxylic acids is 2. The predicted molar refractivity (Wildman–Crippen MR) is 140 cm³/mol. The van der Waals surface area contributed by atoms with E-state index in [1.807, 2.05) is 31.2 Å². The fraction of sp³-hybridized carbons (Fsp3) is 0.440. The van der Waals surface area contributed by atoms with E-state index in [9.17, 15) is 18.0 Å². The number of aryl methyl sites for hydroxylation is 1. The van der Waals surface area contributed by atoms with Crippen LogP contribution >= 0.6 is 23.2 Å². The maximum absolute atomic E-state index is 13.6. The fourth-order valence-corrected chi connectivity index (χ4v) is 5.54. The largest absolute Gasteiger partial charge is 0.352 e. The molecule has 2 aromatic carbocycles. The molecule has 1 fully saturated rings. The molecular formula is C25H31Cl2N3O4S. The average Bonchev–Trinajstić information content (AvgIpc) is 3.29. The number of sulfonamides is 1. The third-order valence-electron chi connectivity index (χ3n) is 6.16. The summed E-state index contributed by atoms with van der Waals surface area (Å²) >= 11 is 12.3. The number of nitrogens with one attached hydrogen (secondary N) is 1. The molecule has 0 heterocycles. The van der Waals surface area contributed by atoms with E-state index in [-0.39, 0.29) is 34.2 Å². The molecule has 1 atom stereocenters. The quantitative estimate of drug-likeness (QED) is 0.506. The summed E-state index contributed by atoms with van der Waals surface area (Å²) in [6.45, 7) is 3.24. The van der Waals surface area contributed by atoms with Gasteiger partial charge >= 0.3 is 0 Å². The Labute approximate surface area is 217 Å². The third-order valence-corrected chi connectivity index (χ3v) is 7.84. The van der Waals surface area contributed by atoms with Gasteiger partial charge in [-0.3, -0.25) is 13.9 Å². The van der Waals surface area contributed by atoms with Crippen LogP contribution in [0.5, 0.6) is 0 Å². The number of nitrogens with zero attached hydrogens (tertiary/aromatic N) is 2. The molecule has 7 nitrogen and oxygen atoms in total. The molecule has 1 aliphatic carbocycles. The standard InChI is InChI=1S/C25H31Cl2N3O4S/c1-17-7-6-8-19(13-17)15-29(18(2)25(32)28-21-9-4-5-10-21)24(31)16-30(35(3,33)34)23-14-20(26)11-12-22(23)27/h6-8,11-14,18,21H,4-5,9-10,15-16H2,1-3H3,(H,28,32)/t18-/m0/s1. The number of halogens is 2. The first-order valence-electron chi connectivity index (χ1n) is 11.5. The van der Waals surface area contributed by atoms with Gasteiger partial charge in [0.1, 0.15) is 12.6 Å². The van der Waals surface area contributed by atoms with Crippen LogP contribution in [-0.2, 0) is 26.2 Å². The normalized spacial score (nSPS) is 15.0. The number of benzene rings is 2. The van der Waals surface area contributed by atoms with Gasteiger partial charge < -0.3 is 10.2 Å². The lowest BCUT2D eigenvalue weighted by Crippen LogP contribution is -2.52. The second-order valence-electron chi connectivity index (χ2n) is 9.04. The van der Waals surface area contributed by atoms with Gasteiger partial charge in [-0.15, -0.1) is 0 Å². The zero-order valence-electron chi connectivity index (χ0n) is 20.1. The van der Waals surface area contributed by atoms with Crippen molar-refractivity contribution < 1.29 is 18.0 Å². The van der Waals surface area contributed by atoms with Crippen molar-refractivity contribution in [2.24, 2.45) is 0 Å². The maximum atomic E-state index is 13.6. The number of anilines is 1. The van der Waals surface area contributed by atoms with Gasteiger partial charge in [0.2, 0.25) is 21.8 Å². The van der Waals surface area contributed by atoms with Crippen molar-refractivity contribution in [3.05, 3.63) is 63.6 Å². The van der Waals surface area contributed by atoms with Gasteiger partial charge in [0, 0.05) is 17.6 Å². The number of hydrogen-bond acceptors (Lipinski definition) is 4. The number of hydrogen-bond donors (Lipinski definition) is 1. The van der Waals surface area contributed by atoms with E-state index >= 15 is 0 Å². The molecule has 0 bridgehead atoms. The molecule has 1 aliphatic rings. The molecule has 35 heavy (non-hydrogen) atoms. The molecule has 0 spiro atoms. The molecule has 2 aromatic rings. The Kier molecular flexibility index (Phi) is 9.07. The molecule has 1 N–H and O–H groups in total. The zero-order valence-corrected chi connectivity index (χ0v) is 22.5. The van der Waals surface area contributed by atoms with Gasteiger partial charge in [-0.2, -0.15) is 0 Å². The first kappa shape index (κ1) is 27.3. The summed E-state index contributed by atoms with van der Waals surface area (Å²) in [6, 6.07) is 11.3. The van der Waals surface area contributed by atoms with Gasteiger partial charge in [0.25, 0.3) is 0 Å². The van der Waals surface area contributed by atoms with Crippen LogP contribution in [0.1, 0.15) is 43.7 Å². The van der Waals surface area contributed by atoms with Crippen LogP contribution in [-0.4, -0.2) is 50.0 Å². The molecule has 0 aromatic heterocycles. The Balaban J connectivity index is 1.91. The number of rotatable bonds is 9. The van der Waals surface area contributed by atoms with Crippen molar-refractivity contribution in [2.45, 2.75) is 58.2 Å². The topological polar surface area (TPSA) is 86.8 Å². The summed E-state index contributed by atoms with van der Waals surface area (Å²) in [6.07, 6.45) is 4.96. The van der Waals surface area contributed by atoms with Gasteiger partial charge in [-0.25, -0.2) is 8.42 Å². The van der Waals surface area contributed by atoms with E-state index in [4.69, 9.17) is 23.2 Å². The molecule has 10 heteroatoms. The second kappa shape index (κ2) is 11.6. The SMILES string of the molecule is Cc1cccc(CN(C(=O)CN(c2cc(Cl)ccc2Cl)S(C)(=O)=O)[C@@H](C)C(=O)NC2CCCC2)c1. The molecule has 0 aliphatic heterocycles. The van der Waals surface area contributed by atoms with E-state index < -0.39 is 28.5 Å². The van der Waals surface area contributed by atoms with Crippen molar-refractivity contribution in [3.8, 4) is 0 Å². The minimum absolute atomic E-state index is 0.0960. The molecule has 0 unspecified atom stereocenters. The maximum Gasteiger partial charge on any atom is 0.244 e. The fourth-order valence-electron chi connectivity index (χ4n) is 4.25. The second-order valence-corrected chi connectivity index (χ2v) is 11.8. The minimum atomic E-state index is -3.89. The van der Waals surface area contributed by atoms with Gasteiger partial charge in [0.15, 0.2) is 0 Å². The Hall–Kier alpha value is -2.29. The Bertz CT molecular complexity index is 1180. The van der Waals surface area contributed by atoms with Gasteiger partial charge in [-0.05, 0) is 50.5 Å². The van der Waals surface area contributed by atoms with E-state index in [1.54, 1.807) is 6.92 Å². The molecule has 1 saturated carbocycles. The summed E-state index contributed by atoms with van der Waals surface area (Å²) in [5.41, 5.74) is 1.96. The zero-order chi connectivity index (χ0) is 25.8. The number of amides is 2. The summed E-state index contributed by atoms with van der Waals surface area (Å²) in [7, 11) is -3.89. The van der Waals surface area contributed by atoms with Crippen molar-refractivity contribution in [1.29, 1.82) is 0 Å². The summed E-state index contributed by atoms with van der Waals surface area (Å²) < 4.78 is 26.3. The monoisotopic (exact) mass is 539 g/mol. The van der Waals surface area contributed by atoms with Crippen LogP contribution < -0.4 is 9.62 Å². The van der Waals surface area contributed by atoms with Gasteiger partial charge in [-0.1, -0.05) is 65.9 Å². The van der Waals surface area contributed by atoms with Crippen molar-refractivity contribution >= 4 is 50.7 Å². The van der Waals surface area contributed by atoms with Crippen LogP contribution in [0.4, 0.5) is 5.69 Å². The summed E-state index contributed by atoms with van der Waals surface area (Å²) in [5.74, 6) is -0.786. The van der Waals surface area contributed by atoms with E-state index in [0.717, 1.165) is 47.4 Å². The van der Waals surface area contributed by atoms with Crippen molar-refractivity contribution in [1.82, 2.24) is 10.2 Å². The molecule has 0 saturated heterocycles. The lowest BCUT2D eigenvalue weighted by atomic mass is 10.1. The smallest absolute Gasteiger partial charge is 0.244 e. The Morgan fingerprint density at radius 3 is 2.43 bits per heavy atom. The predicted octanol–water partition coefficient (Wildman–Crippen LogP) is 4.54. The number of carbonyl (C=O) groups is 2. The van der Waals surface area contributed by atoms with Gasteiger partial charge in [0.05, 0.1) is 17.0 Å². The van der Waals surface area contributed by atoms with E-state index in [1.165, 1.54) is 23.1 Å². The highest BCUT2D eigenvalue weighted by Gasteiger charge is 2.32. The Morgan fingerprint density at radius 2 is 1.80 bits per heavy atom. The lowest BCUT2D eigenvalue weighted by molar-refractivity contribution is -0.139. The molecule has 0 radical (unpaired) electrons. The average molecular weight is 541 g/mol. The molecule has 2 amide bonds. The van der Waals surface area contributed by atoms with E-state index in [2.05, 4.69) is 5.32 Å². The Morgan fingerprint density at radius 1 is 1.11 bits per heavy atom. The first-order chi connectivity index (χ1) is 16.5. The van der Waals surface area contributed by atoms with Crippen molar-refractivity contribution in [3.63, 3.8) is 0 Å². The summed E-state index contributed by atoms with van der Waals surface area (Å²) in [5, 5.41) is 3.47. The van der Waals surface area contributed by atoms with Crippen LogP contribution in [0.15, 0.2) is 42.5 Å². The van der Waals surface area contributed by atoms with Crippen LogP contribution in [0.25, 0.3) is 0 Å². The van der Waals surface area contributed by atoms with Crippen LogP contribution in [0.2, 0.25) is 10.0 Å².